The first-order chi connectivity index (χ1) is 11.2. The second-order valence-electron chi connectivity index (χ2n) is 6.05. The second-order valence-corrected chi connectivity index (χ2v) is 7.26. The third-order valence-electron chi connectivity index (χ3n) is 4.52. The molecule has 0 bridgehead atoms. The molecule has 1 saturated carbocycles. The zero-order valence-electron chi connectivity index (χ0n) is 13.0. The number of thioether (sulfide) groups is 1. The van der Waals surface area contributed by atoms with Gasteiger partial charge < -0.3 is 9.47 Å². The van der Waals surface area contributed by atoms with Crippen molar-refractivity contribution in [2.75, 3.05) is 12.5 Å². The average Bonchev–Trinajstić information content (AvgIpc) is 2.82. The Kier molecular flexibility index (Phi) is 5.25. The molecule has 0 aromatic carbocycles. The molecule has 0 spiro atoms. The van der Waals surface area contributed by atoms with Crippen molar-refractivity contribution in [1.82, 2.24) is 4.90 Å². The quantitative estimate of drug-likeness (QED) is 0.338. The van der Waals surface area contributed by atoms with Crippen molar-refractivity contribution >= 4 is 29.6 Å². The van der Waals surface area contributed by atoms with Gasteiger partial charge in [0.1, 0.15) is 5.70 Å². The molecule has 1 amide bonds. The van der Waals surface area contributed by atoms with Crippen LogP contribution in [0.15, 0.2) is 11.8 Å². The third-order valence-corrected chi connectivity index (χ3v) is 5.64. The predicted octanol–water partition coefficient (Wildman–Crippen LogP) is 2.19. The number of hydrogen-bond acceptors (Lipinski definition) is 6. The van der Waals surface area contributed by atoms with Crippen LogP contribution in [0.3, 0.4) is 0 Å². The summed E-state index contributed by atoms with van der Waals surface area (Å²) in [6.45, 7) is -0.384. The Labute approximate surface area is 139 Å². The monoisotopic (exact) mass is 339 g/mol. The van der Waals surface area contributed by atoms with Gasteiger partial charge in [-0.1, -0.05) is 25.7 Å². The van der Waals surface area contributed by atoms with Crippen molar-refractivity contribution in [3.05, 3.63) is 11.8 Å². The molecule has 23 heavy (non-hydrogen) atoms. The number of ether oxygens (including phenoxy) is 2. The fraction of sp³-hybridized carbons (Fsp3) is 0.688. The summed E-state index contributed by atoms with van der Waals surface area (Å²) in [5.41, 5.74) is 0.274. The number of fused-ring (bicyclic) bond motifs is 1. The van der Waals surface area contributed by atoms with Crippen molar-refractivity contribution in [1.29, 1.82) is 0 Å². The predicted molar refractivity (Wildman–Crippen MR) is 84.0 cm³/mol. The van der Waals surface area contributed by atoms with Crippen molar-refractivity contribution in [2.45, 2.75) is 50.3 Å². The van der Waals surface area contributed by atoms with E-state index in [9.17, 15) is 14.4 Å². The van der Waals surface area contributed by atoms with Gasteiger partial charge in [0, 0.05) is 5.75 Å². The Bertz CT molecular complexity index is 525. The Hall–Kier alpha value is -1.50. The summed E-state index contributed by atoms with van der Waals surface area (Å²) in [7, 11) is 0. The zero-order valence-corrected chi connectivity index (χ0v) is 13.8. The van der Waals surface area contributed by atoms with Crippen LogP contribution in [0, 0.1) is 5.92 Å². The minimum absolute atomic E-state index is 0.0450. The Balaban J connectivity index is 1.45. The maximum absolute atomic E-state index is 12.1. The normalized spacial score (nSPS) is 24.9. The largest absolute Gasteiger partial charge is 0.428 e. The summed E-state index contributed by atoms with van der Waals surface area (Å²) >= 11 is 1.62. The molecule has 2 heterocycles. The Morgan fingerprint density at radius 1 is 1.17 bits per heavy atom. The van der Waals surface area contributed by atoms with Crippen molar-refractivity contribution in [2.24, 2.45) is 5.92 Å². The van der Waals surface area contributed by atoms with Gasteiger partial charge in [-0.25, -0.2) is 4.79 Å². The molecule has 0 aromatic rings. The molecule has 2 fully saturated rings. The molecule has 7 heteroatoms. The molecule has 1 atom stereocenters. The highest BCUT2D eigenvalue weighted by atomic mass is 32.2. The van der Waals surface area contributed by atoms with Gasteiger partial charge >= 0.3 is 11.9 Å². The molecule has 3 aliphatic rings. The maximum Gasteiger partial charge on any atom is 0.357 e. The summed E-state index contributed by atoms with van der Waals surface area (Å²) in [5.74, 6) is -0.354. The van der Waals surface area contributed by atoms with Gasteiger partial charge in [0.05, 0.1) is 17.7 Å². The van der Waals surface area contributed by atoms with E-state index in [-0.39, 0.29) is 35.7 Å². The third kappa shape index (κ3) is 3.71. The SMILES string of the molecule is O=C(OCOC(=O)C1CCCCCC1)C1=CCSC2CC(=O)N12. The first kappa shape index (κ1) is 16.4. The molecule has 126 valence electrons. The van der Waals surface area contributed by atoms with Gasteiger partial charge in [0.15, 0.2) is 0 Å². The molecule has 0 radical (unpaired) electrons. The molecule has 1 aliphatic carbocycles. The average molecular weight is 339 g/mol. The lowest BCUT2D eigenvalue weighted by molar-refractivity contribution is -0.170. The van der Waals surface area contributed by atoms with Gasteiger partial charge in [-0.15, -0.1) is 11.8 Å². The van der Waals surface area contributed by atoms with Crippen LogP contribution in [-0.4, -0.2) is 40.7 Å². The van der Waals surface area contributed by atoms with Gasteiger partial charge in [-0.2, -0.15) is 0 Å². The van der Waals surface area contributed by atoms with Gasteiger partial charge in [-0.3, -0.25) is 14.5 Å². The lowest BCUT2D eigenvalue weighted by atomic mass is 10.0. The van der Waals surface area contributed by atoms with Crippen molar-refractivity contribution in [3.63, 3.8) is 0 Å². The van der Waals surface area contributed by atoms with Crippen molar-refractivity contribution in [3.8, 4) is 0 Å². The summed E-state index contributed by atoms with van der Waals surface area (Å²) in [6, 6.07) is 0. The standard InChI is InChI=1S/C16H21NO5S/c18-13-9-14-17(13)12(7-8-23-14)16(20)22-10-21-15(19)11-5-3-1-2-4-6-11/h7,11,14H,1-6,8-10H2. The molecular weight excluding hydrogens is 318 g/mol. The zero-order chi connectivity index (χ0) is 16.2. The van der Waals surface area contributed by atoms with E-state index >= 15 is 0 Å². The lowest BCUT2D eigenvalue weighted by Gasteiger charge is -2.42. The van der Waals surface area contributed by atoms with E-state index in [0.717, 1.165) is 38.5 Å². The fourth-order valence-corrected chi connectivity index (χ4v) is 4.29. The van der Waals surface area contributed by atoms with E-state index in [4.69, 9.17) is 9.47 Å². The maximum atomic E-state index is 12.1. The second kappa shape index (κ2) is 7.38. The number of rotatable bonds is 4. The van der Waals surface area contributed by atoms with E-state index in [1.807, 2.05) is 0 Å². The van der Waals surface area contributed by atoms with E-state index < -0.39 is 5.97 Å². The van der Waals surface area contributed by atoms with E-state index in [2.05, 4.69) is 0 Å². The molecule has 3 rings (SSSR count). The summed E-state index contributed by atoms with van der Waals surface area (Å²) in [6.07, 6.45) is 8.26. The molecular formula is C16H21NO5S. The van der Waals surface area contributed by atoms with Crippen LogP contribution < -0.4 is 0 Å². The minimum Gasteiger partial charge on any atom is -0.428 e. The molecule has 2 aliphatic heterocycles. The fourth-order valence-electron chi connectivity index (χ4n) is 3.18. The van der Waals surface area contributed by atoms with Crippen LogP contribution >= 0.6 is 11.8 Å². The summed E-state index contributed by atoms with van der Waals surface area (Å²) < 4.78 is 10.1. The number of nitrogens with zero attached hydrogens (tertiary/aromatic N) is 1. The lowest BCUT2D eigenvalue weighted by Crippen LogP contribution is -2.53. The van der Waals surface area contributed by atoms with Crippen molar-refractivity contribution < 1.29 is 23.9 Å². The van der Waals surface area contributed by atoms with Gasteiger partial charge in [0.2, 0.25) is 12.7 Å². The Morgan fingerprint density at radius 3 is 2.61 bits per heavy atom. The number of carbonyl (C=O) groups is 3. The van der Waals surface area contributed by atoms with E-state index in [1.165, 1.54) is 4.90 Å². The first-order valence-electron chi connectivity index (χ1n) is 8.14. The highest BCUT2D eigenvalue weighted by Crippen LogP contribution is 2.37. The number of carbonyl (C=O) groups excluding carboxylic acids is 3. The van der Waals surface area contributed by atoms with Crippen LogP contribution in [0.5, 0.6) is 0 Å². The molecule has 6 nitrogen and oxygen atoms in total. The number of hydrogen-bond donors (Lipinski definition) is 0. The van der Waals surface area contributed by atoms with Gasteiger partial charge in [-0.05, 0) is 18.9 Å². The molecule has 1 unspecified atom stereocenters. The number of esters is 2. The summed E-state index contributed by atoms with van der Waals surface area (Å²) in [5, 5.41) is 0.0450. The minimum atomic E-state index is -0.600. The van der Waals surface area contributed by atoms with Crippen LogP contribution in [0.2, 0.25) is 0 Å². The molecule has 0 N–H and O–H groups in total. The molecule has 0 aromatic heterocycles. The van der Waals surface area contributed by atoms with Crippen LogP contribution in [0.25, 0.3) is 0 Å². The van der Waals surface area contributed by atoms with E-state index in [1.54, 1.807) is 17.8 Å². The van der Waals surface area contributed by atoms with E-state index in [0.29, 0.717) is 12.2 Å². The Morgan fingerprint density at radius 2 is 1.91 bits per heavy atom. The van der Waals surface area contributed by atoms with Crippen LogP contribution in [0.1, 0.15) is 44.9 Å². The summed E-state index contributed by atoms with van der Waals surface area (Å²) in [4.78, 5) is 37.1. The highest BCUT2D eigenvalue weighted by Gasteiger charge is 2.43. The topological polar surface area (TPSA) is 72.9 Å². The smallest absolute Gasteiger partial charge is 0.357 e. The van der Waals surface area contributed by atoms with Crippen LogP contribution in [0.4, 0.5) is 0 Å². The van der Waals surface area contributed by atoms with Gasteiger partial charge in [0.25, 0.3) is 0 Å². The van der Waals surface area contributed by atoms with Crippen LogP contribution in [-0.2, 0) is 23.9 Å². The first-order valence-corrected chi connectivity index (χ1v) is 9.19. The number of β-lactam (4-membered cyclic amide) rings is 1. The molecule has 1 saturated heterocycles. The number of amides is 1. The highest BCUT2D eigenvalue weighted by molar-refractivity contribution is 8.00.